The van der Waals surface area contributed by atoms with Gasteiger partial charge < -0.3 is 4.74 Å². The van der Waals surface area contributed by atoms with E-state index in [2.05, 4.69) is 0 Å². The second-order valence-electron chi connectivity index (χ2n) is 5.45. The molecule has 0 unspecified atom stereocenters. The van der Waals surface area contributed by atoms with Crippen LogP contribution in [0.1, 0.15) is 12.5 Å². The van der Waals surface area contributed by atoms with Gasteiger partial charge in [0.1, 0.15) is 11.6 Å². The largest absolute Gasteiger partial charge is 0.497 e. The molecule has 24 heavy (non-hydrogen) atoms. The van der Waals surface area contributed by atoms with E-state index in [1.165, 1.54) is 12.1 Å². The van der Waals surface area contributed by atoms with Crippen LogP contribution < -0.4 is 4.74 Å². The van der Waals surface area contributed by atoms with Gasteiger partial charge in [-0.15, -0.1) is 0 Å². The summed E-state index contributed by atoms with van der Waals surface area (Å²) in [6.07, 6.45) is 0. The van der Waals surface area contributed by atoms with Crippen molar-refractivity contribution in [2.45, 2.75) is 6.92 Å². The zero-order valence-corrected chi connectivity index (χ0v) is 13.7. The van der Waals surface area contributed by atoms with Gasteiger partial charge in [0.25, 0.3) is 0 Å². The highest BCUT2D eigenvalue weighted by Gasteiger charge is 2.07. The van der Waals surface area contributed by atoms with Crippen molar-refractivity contribution in [2.75, 3.05) is 7.11 Å². The fourth-order valence-corrected chi connectivity index (χ4v) is 2.59. The zero-order valence-electron chi connectivity index (χ0n) is 13.7. The lowest BCUT2D eigenvalue weighted by Crippen LogP contribution is -1.97. The molecule has 0 spiro atoms. The van der Waals surface area contributed by atoms with E-state index in [-0.39, 0.29) is 5.82 Å². The van der Waals surface area contributed by atoms with Crippen molar-refractivity contribution in [1.29, 1.82) is 0 Å². The Morgan fingerprint density at radius 1 is 0.875 bits per heavy atom. The fraction of sp³-hybridized carbons (Fsp3) is 0.0952. The molecule has 0 saturated carbocycles. The van der Waals surface area contributed by atoms with Crippen LogP contribution >= 0.6 is 0 Å². The molecule has 0 aliphatic rings. The number of nitrogens with zero attached hydrogens (tertiary/aromatic N) is 1. The SMILES string of the molecule is COc1ccc(N=C(C)c2ccccc2-c2ccc(F)cc2)cc1. The third kappa shape index (κ3) is 3.51. The molecule has 0 aliphatic heterocycles. The summed E-state index contributed by atoms with van der Waals surface area (Å²) in [5, 5.41) is 0. The van der Waals surface area contributed by atoms with Crippen LogP contribution in [0.2, 0.25) is 0 Å². The highest BCUT2D eigenvalue weighted by atomic mass is 19.1. The molecule has 0 aliphatic carbocycles. The first-order chi connectivity index (χ1) is 11.7. The Hall–Kier alpha value is -2.94. The number of hydrogen-bond acceptors (Lipinski definition) is 2. The summed E-state index contributed by atoms with van der Waals surface area (Å²) in [4.78, 5) is 4.70. The third-order valence-electron chi connectivity index (χ3n) is 3.84. The number of benzene rings is 3. The molecule has 0 saturated heterocycles. The predicted octanol–water partition coefficient (Wildman–Crippen LogP) is 5.64. The normalized spacial score (nSPS) is 11.4. The highest BCUT2D eigenvalue weighted by molar-refractivity contribution is 6.05. The monoisotopic (exact) mass is 319 g/mol. The first-order valence-electron chi connectivity index (χ1n) is 7.72. The van der Waals surface area contributed by atoms with Crippen LogP contribution in [0.3, 0.4) is 0 Å². The van der Waals surface area contributed by atoms with Crippen molar-refractivity contribution in [3.63, 3.8) is 0 Å². The number of rotatable bonds is 4. The minimum atomic E-state index is -0.236. The quantitative estimate of drug-likeness (QED) is 0.570. The van der Waals surface area contributed by atoms with Gasteiger partial charge in [0.05, 0.1) is 12.8 Å². The molecule has 0 radical (unpaired) electrons. The Balaban J connectivity index is 1.99. The summed E-state index contributed by atoms with van der Waals surface area (Å²) < 4.78 is 18.3. The number of methoxy groups -OCH3 is 1. The van der Waals surface area contributed by atoms with E-state index >= 15 is 0 Å². The molecule has 3 aromatic carbocycles. The number of ether oxygens (including phenoxy) is 1. The second kappa shape index (κ2) is 7.09. The first-order valence-corrected chi connectivity index (χ1v) is 7.72. The maximum absolute atomic E-state index is 13.2. The molecule has 0 fully saturated rings. The summed E-state index contributed by atoms with van der Waals surface area (Å²) in [7, 11) is 1.64. The van der Waals surface area contributed by atoms with E-state index in [0.717, 1.165) is 33.8 Å². The van der Waals surface area contributed by atoms with E-state index in [1.54, 1.807) is 19.2 Å². The first kappa shape index (κ1) is 15.9. The molecule has 0 atom stereocenters. The standard InChI is InChI=1S/C21H18FNO/c1-15(23-18-11-13-19(24-2)14-12-18)20-5-3-4-6-21(20)16-7-9-17(22)10-8-16/h3-14H,1-2H3. The topological polar surface area (TPSA) is 21.6 Å². The fourth-order valence-electron chi connectivity index (χ4n) is 2.59. The van der Waals surface area contributed by atoms with Crippen molar-refractivity contribution < 1.29 is 9.13 Å². The van der Waals surface area contributed by atoms with Crippen molar-refractivity contribution in [1.82, 2.24) is 0 Å². The Labute approximate surface area is 141 Å². The molecule has 3 heteroatoms. The molecule has 120 valence electrons. The van der Waals surface area contributed by atoms with Crippen LogP contribution in [0.4, 0.5) is 10.1 Å². The molecule has 0 aromatic heterocycles. The van der Waals surface area contributed by atoms with Gasteiger partial charge in [0.15, 0.2) is 0 Å². The van der Waals surface area contributed by atoms with Gasteiger partial charge in [0.2, 0.25) is 0 Å². The Morgan fingerprint density at radius 2 is 1.54 bits per heavy atom. The summed E-state index contributed by atoms with van der Waals surface area (Å²) in [6.45, 7) is 1.98. The highest BCUT2D eigenvalue weighted by Crippen LogP contribution is 2.26. The molecule has 0 N–H and O–H groups in total. The number of halogens is 1. The summed E-state index contributed by atoms with van der Waals surface area (Å²) in [5.41, 5.74) is 4.80. The Morgan fingerprint density at radius 3 is 2.21 bits per heavy atom. The average molecular weight is 319 g/mol. The minimum absolute atomic E-state index is 0.236. The van der Waals surface area contributed by atoms with Gasteiger partial charge in [-0.2, -0.15) is 0 Å². The van der Waals surface area contributed by atoms with E-state index in [9.17, 15) is 4.39 Å². The van der Waals surface area contributed by atoms with Crippen LogP contribution in [-0.4, -0.2) is 12.8 Å². The van der Waals surface area contributed by atoms with Gasteiger partial charge in [-0.05, 0) is 54.4 Å². The second-order valence-corrected chi connectivity index (χ2v) is 5.45. The zero-order chi connectivity index (χ0) is 16.9. The maximum atomic E-state index is 13.2. The summed E-state index contributed by atoms with van der Waals surface area (Å²) in [6, 6.07) is 22.1. The van der Waals surface area contributed by atoms with Crippen molar-refractivity contribution in [3.05, 3.63) is 84.2 Å². The van der Waals surface area contributed by atoms with Crippen molar-refractivity contribution in [3.8, 4) is 16.9 Å². The van der Waals surface area contributed by atoms with Crippen LogP contribution in [-0.2, 0) is 0 Å². The molecule has 0 heterocycles. The molecule has 2 nitrogen and oxygen atoms in total. The van der Waals surface area contributed by atoms with Gasteiger partial charge in [-0.1, -0.05) is 36.4 Å². The lowest BCUT2D eigenvalue weighted by molar-refractivity contribution is 0.415. The van der Waals surface area contributed by atoms with E-state index in [0.29, 0.717) is 0 Å². The van der Waals surface area contributed by atoms with Gasteiger partial charge >= 0.3 is 0 Å². The summed E-state index contributed by atoms with van der Waals surface area (Å²) >= 11 is 0. The number of aliphatic imine (C=N–C) groups is 1. The van der Waals surface area contributed by atoms with Gasteiger partial charge in [-0.3, -0.25) is 4.99 Å². The molecule has 0 amide bonds. The van der Waals surface area contributed by atoms with E-state index in [4.69, 9.17) is 9.73 Å². The molecule has 3 aromatic rings. The van der Waals surface area contributed by atoms with Gasteiger partial charge in [0, 0.05) is 11.3 Å². The molecular formula is C21H18FNO. The maximum Gasteiger partial charge on any atom is 0.123 e. The molecule has 0 bridgehead atoms. The van der Waals surface area contributed by atoms with Crippen LogP contribution in [0.15, 0.2) is 77.8 Å². The molecule has 3 rings (SSSR count). The smallest absolute Gasteiger partial charge is 0.123 e. The van der Waals surface area contributed by atoms with Gasteiger partial charge in [-0.25, -0.2) is 4.39 Å². The number of hydrogen-bond donors (Lipinski definition) is 0. The van der Waals surface area contributed by atoms with Crippen LogP contribution in [0.25, 0.3) is 11.1 Å². The molecular weight excluding hydrogens is 301 g/mol. The Kier molecular flexibility index (Phi) is 4.71. The van der Waals surface area contributed by atoms with E-state index < -0.39 is 0 Å². The predicted molar refractivity (Wildman–Crippen MR) is 96.7 cm³/mol. The van der Waals surface area contributed by atoms with Crippen LogP contribution in [0, 0.1) is 5.82 Å². The lowest BCUT2D eigenvalue weighted by atomic mass is 9.97. The van der Waals surface area contributed by atoms with Crippen molar-refractivity contribution in [2.24, 2.45) is 4.99 Å². The van der Waals surface area contributed by atoms with Crippen molar-refractivity contribution >= 4 is 11.4 Å². The minimum Gasteiger partial charge on any atom is -0.497 e. The van der Waals surface area contributed by atoms with Crippen LogP contribution in [0.5, 0.6) is 5.75 Å². The van der Waals surface area contributed by atoms with E-state index in [1.807, 2.05) is 55.5 Å². The Bertz CT molecular complexity index is 852. The average Bonchev–Trinajstić information content (AvgIpc) is 2.63. The lowest BCUT2D eigenvalue weighted by Gasteiger charge is -2.10. The third-order valence-corrected chi connectivity index (χ3v) is 3.84. The summed E-state index contributed by atoms with van der Waals surface area (Å²) in [5.74, 6) is 0.568.